The van der Waals surface area contributed by atoms with Crippen molar-refractivity contribution in [3.8, 4) is 17.1 Å². The highest BCUT2D eigenvalue weighted by molar-refractivity contribution is 5.77. The summed E-state index contributed by atoms with van der Waals surface area (Å²) in [6.45, 7) is 3.20. The number of rotatable bonds is 4. The Morgan fingerprint density at radius 1 is 0.893 bits per heavy atom. The number of benzene rings is 2. The van der Waals surface area contributed by atoms with Crippen LogP contribution in [0, 0.1) is 0 Å². The van der Waals surface area contributed by atoms with Crippen LogP contribution >= 0.6 is 0 Å². The standard InChI is InChI=1S/C23H24N4O/c1-2-6-14-26(13-5-1)15-19-16-28-23(25-19)18-9-11-20(12-10-18)27-17-24-21-7-3-4-8-22(21)27/h3-4,7-12,16-17H,1-2,5-6,13-15H2. The molecule has 0 spiro atoms. The number of hydrogen-bond acceptors (Lipinski definition) is 4. The van der Waals surface area contributed by atoms with E-state index in [-0.39, 0.29) is 0 Å². The lowest BCUT2D eigenvalue weighted by atomic mass is 10.2. The quantitative estimate of drug-likeness (QED) is 0.502. The van der Waals surface area contributed by atoms with Gasteiger partial charge in [0.1, 0.15) is 12.6 Å². The van der Waals surface area contributed by atoms with Crippen molar-refractivity contribution in [3.05, 3.63) is 66.8 Å². The molecule has 0 unspecified atom stereocenters. The van der Waals surface area contributed by atoms with E-state index in [9.17, 15) is 0 Å². The number of fused-ring (bicyclic) bond motifs is 1. The molecule has 0 saturated carbocycles. The smallest absolute Gasteiger partial charge is 0.226 e. The molecule has 5 rings (SSSR count). The zero-order valence-corrected chi connectivity index (χ0v) is 15.9. The van der Waals surface area contributed by atoms with E-state index in [2.05, 4.69) is 44.8 Å². The average Bonchev–Trinajstić information content (AvgIpc) is 3.29. The molecule has 1 aliphatic heterocycles. The van der Waals surface area contributed by atoms with Crippen molar-refractivity contribution < 1.29 is 4.42 Å². The van der Waals surface area contributed by atoms with Gasteiger partial charge in [0.25, 0.3) is 0 Å². The molecule has 2 aromatic heterocycles. The van der Waals surface area contributed by atoms with Crippen molar-refractivity contribution in [1.29, 1.82) is 0 Å². The first kappa shape index (κ1) is 17.2. The predicted octanol–water partition coefficient (Wildman–Crippen LogP) is 5.06. The van der Waals surface area contributed by atoms with Gasteiger partial charge in [-0.3, -0.25) is 9.47 Å². The van der Waals surface area contributed by atoms with E-state index in [0.29, 0.717) is 5.89 Å². The largest absolute Gasteiger partial charge is 0.444 e. The Morgan fingerprint density at radius 3 is 2.50 bits per heavy atom. The summed E-state index contributed by atoms with van der Waals surface area (Å²) in [5.41, 5.74) is 5.19. The van der Waals surface area contributed by atoms with Crippen LogP contribution in [0.3, 0.4) is 0 Å². The molecule has 0 atom stereocenters. The molecule has 3 heterocycles. The van der Waals surface area contributed by atoms with Crippen LogP contribution in [0.2, 0.25) is 0 Å². The minimum atomic E-state index is 0.687. The number of imidazole rings is 1. The van der Waals surface area contributed by atoms with Gasteiger partial charge in [-0.15, -0.1) is 0 Å². The SMILES string of the molecule is c1ccc2c(c1)ncn2-c1ccc(-c2nc(CN3CCCCCC3)co2)cc1. The first-order valence-corrected chi connectivity index (χ1v) is 10.1. The lowest BCUT2D eigenvalue weighted by Crippen LogP contribution is -2.24. The molecule has 0 bridgehead atoms. The molecular weight excluding hydrogens is 348 g/mol. The molecular formula is C23H24N4O. The number of para-hydroxylation sites is 2. The van der Waals surface area contributed by atoms with Crippen molar-refractivity contribution >= 4 is 11.0 Å². The molecule has 28 heavy (non-hydrogen) atoms. The summed E-state index contributed by atoms with van der Waals surface area (Å²) < 4.78 is 7.86. The highest BCUT2D eigenvalue weighted by atomic mass is 16.3. The molecule has 2 aromatic carbocycles. The fourth-order valence-electron chi connectivity index (χ4n) is 3.97. The van der Waals surface area contributed by atoms with Crippen LogP contribution in [-0.2, 0) is 6.54 Å². The predicted molar refractivity (Wildman–Crippen MR) is 110 cm³/mol. The third-order valence-electron chi connectivity index (χ3n) is 5.48. The second-order valence-corrected chi connectivity index (χ2v) is 7.48. The molecule has 142 valence electrons. The Hall–Kier alpha value is -2.92. The number of likely N-dealkylation sites (tertiary alicyclic amines) is 1. The Labute approximate surface area is 164 Å². The number of nitrogens with zero attached hydrogens (tertiary/aromatic N) is 4. The molecule has 4 aromatic rings. The Balaban J connectivity index is 1.34. The van der Waals surface area contributed by atoms with Gasteiger partial charge in [-0.2, -0.15) is 0 Å². The minimum Gasteiger partial charge on any atom is -0.444 e. The van der Waals surface area contributed by atoms with Gasteiger partial charge >= 0.3 is 0 Å². The monoisotopic (exact) mass is 372 g/mol. The van der Waals surface area contributed by atoms with Crippen LogP contribution in [0.1, 0.15) is 31.4 Å². The molecule has 0 radical (unpaired) electrons. The molecule has 1 aliphatic rings. The number of hydrogen-bond donors (Lipinski definition) is 0. The molecule has 1 fully saturated rings. The molecule has 1 saturated heterocycles. The fourth-order valence-corrected chi connectivity index (χ4v) is 3.97. The van der Waals surface area contributed by atoms with Gasteiger partial charge < -0.3 is 4.42 Å². The summed E-state index contributed by atoms with van der Waals surface area (Å²) >= 11 is 0. The Bertz CT molecular complexity index is 1060. The van der Waals surface area contributed by atoms with E-state index in [1.807, 2.05) is 24.5 Å². The fraction of sp³-hybridized carbons (Fsp3) is 0.304. The molecule has 5 nitrogen and oxygen atoms in total. The van der Waals surface area contributed by atoms with Crippen molar-refractivity contribution in [3.63, 3.8) is 0 Å². The van der Waals surface area contributed by atoms with E-state index in [1.165, 1.54) is 25.7 Å². The summed E-state index contributed by atoms with van der Waals surface area (Å²) in [6, 6.07) is 16.4. The van der Waals surface area contributed by atoms with E-state index >= 15 is 0 Å². The molecule has 0 amide bonds. The first-order chi connectivity index (χ1) is 13.9. The topological polar surface area (TPSA) is 47.1 Å². The second-order valence-electron chi connectivity index (χ2n) is 7.48. The second kappa shape index (κ2) is 7.60. The van der Waals surface area contributed by atoms with E-state index < -0.39 is 0 Å². The van der Waals surface area contributed by atoms with Crippen LogP contribution in [0.15, 0.2) is 65.5 Å². The zero-order chi connectivity index (χ0) is 18.8. The van der Waals surface area contributed by atoms with Gasteiger partial charge in [0.15, 0.2) is 0 Å². The summed E-state index contributed by atoms with van der Waals surface area (Å²) in [5.74, 6) is 0.687. The van der Waals surface area contributed by atoms with Gasteiger partial charge in [0, 0.05) is 17.8 Å². The van der Waals surface area contributed by atoms with Crippen molar-refractivity contribution in [1.82, 2.24) is 19.4 Å². The normalized spacial score (nSPS) is 15.7. The zero-order valence-electron chi connectivity index (χ0n) is 15.9. The highest BCUT2D eigenvalue weighted by Gasteiger charge is 2.13. The van der Waals surface area contributed by atoms with Gasteiger partial charge in [-0.1, -0.05) is 25.0 Å². The summed E-state index contributed by atoms with van der Waals surface area (Å²) in [7, 11) is 0. The molecule has 5 heteroatoms. The Kier molecular flexibility index (Phi) is 4.67. The van der Waals surface area contributed by atoms with Crippen molar-refractivity contribution in [2.24, 2.45) is 0 Å². The van der Waals surface area contributed by atoms with Crippen LogP contribution in [-0.4, -0.2) is 32.5 Å². The van der Waals surface area contributed by atoms with Gasteiger partial charge in [-0.25, -0.2) is 9.97 Å². The maximum atomic E-state index is 5.77. The van der Waals surface area contributed by atoms with E-state index in [1.54, 1.807) is 6.26 Å². The van der Waals surface area contributed by atoms with Crippen LogP contribution < -0.4 is 0 Å². The van der Waals surface area contributed by atoms with Crippen LogP contribution in [0.5, 0.6) is 0 Å². The first-order valence-electron chi connectivity index (χ1n) is 10.1. The maximum Gasteiger partial charge on any atom is 0.226 e. The van der Waals surface area contributed by atoms with Crippen molar-refractivity contribution in [2.45, 2.75) is 32.2 Å². The summed E-state index contributed by atoms with van der Waals surface area (Å²) in [4.78, 5) is 11.7. The summed E-state index contributed by atoms with van der Waals surface area (Å²) in [5, 5.41) is 0. The lowest BCUT2D eigenvalue weighted by molar-refractivity contribution is 0.273. The van der Waals surface area contributed by atoms with Gasteiger partial charge in [-0.05, 0) is 62.3 Å². The van der Waals surface area contributed by atoms with Crippen LogP contribution in [0.4, 0.5) is 0 Å². The summed E-state index contributed by atoms with van der Waals surface area (Å²) in [6.07, 6.45) is 8.93. The molecule has 0 aliphatic carbocycles. The Morgan fingerprint density at radius 2 is 1.68 bits per heavy atom. The van der Waals surface area contributed by atoms with Gasteiger partial charge in [0.05, 0.1) is 16.7 Å². The number of oxazole rings is 1. The highest BCUT2D eigenvalue weighted by Crippen LogP contribution is 2.23. The number of aromatic nitrogens is 3. The van der Waals surface area contributed by atoms with E-state index in [4.69, 9.17) is 9.40 Å². The van der Waals surface area contributed by atoms with Gasteiger partial charge in [0.2, 0.25) is 5.89 Å². The minimum absolute atomic E-state index is 0.687. The molecule has 0 N–H and O–H groups in total. The van der Waals surface area contributed by atoms with Crippen molar-refractivity contribution in [2.75, 3.05) is 13.1 Å². The van der Waals surface area contributed by atoms with Crippen LogP contribution in [0.25, 0.3) is 28.2 Å². The third kappa shape index (κ3) is 3.45. The van der Waals surface area contributed by atoms with E-state index in [0.717, 1.165) is 47.6 Å². The third-order valence-corrected chi connectivity index (χ3v) is 5.48. The average molecular weight is 372 g/mol. The lowest BCUT2D eigenvalue weighted by Gasteiger charge is -2.17. The maximum absolute atomic E-state index is 5.77.